The summed E-state index contributed by atoms with van der Waals surface area (Å²) in [5.41, 5.74) is 1.63. The van der Waals surface area contributed by atoms with E-state index in [0.717, 1.165) is 62.5 Å². The molecule has 0 atom stereocenters. The fraction of sp³-hybridized carbons (Fsp3) is 0.364. The Morgan fingerprint density at radius 1 is 0.463 bits per heavy atom. The van der Waals surface area contributed by atoms with Gasteiger partial charge in [-0.15, -0.1) is 0 Å². The number of nitrogens with zero attached hydrogens (tertiary/aromatic N) is 2. The van der Waals surface area contributed by atoms with Gasteiger partial charge in [0, 0.05) is 25.2 Å². The molecule has 10 heteroatoms. The standard InChI is InChI=1S/C44H46N2O8/c47-41(45(31-11-7-8-12-31)27-29-19-23-35(24-20-29)53-33-15-3-1-4-16-33)37-39(43(49)50)38(40(37)44(51)52)42(48)46(32-13-9-10-14-32)28-30-21-25-36(26-22-30)54-34-17-5-2-6-18-34/h1-6,15-26,31-32,37-40H,7-14,27-28H2,(H,49,50)(H,51,52)/t37-,38-,39-,40-. The van der Waals surface area contributed by atoms with E-state index in [-0.39, 0.29) is 25.2 Å². The van der Waals surface area contributed by atoms with E-state index < -0.39 is 47.4 Å². The van der Waals surface area contributed by atoms with Crippen LogP contribution in [0, 0.1) is 23.7 Å². The maximum atomic E-state index is 14.5. The van der Waals surface area contributed by atoms with Gasteiger partial charge in [0.15, 0.2) is 0 Å². The quantitative estimate of drug-likeness (QED) is 0.133. The van der Waals surface area contributed by atoms with Gasteiger partial charge in [0.05, 0.1) is 23.7 Å². The Hall–Kier alpha value is -5.64. The smallest absolute Gasteiger partial charge is 0.308 e. The number of benzene rings is 4. The minimum absolute atomic E-state index is 0.153. The second kappa shape index (κ2) is 16.6. The summed E-state index contributed by atoms with van der Waals surface area (Å²) >= 11 is 0. The van der Waals surface area contributed by atoms with Crippen molar-refractivity contribution in [2.24, 2.45) is 23.7 Å². The molecule has 280 valence electrons. The van der Waals surface area contributed by atoms with Crippen LogP contribution in [0.15, 0.2) is 109 Å². The van der Waals surface area contributed by atoms with Crippen molar-refractivity contribution in [2.45, 2.75) is 76.5 Å². The molecule has 0 spiro atoms. The third-order valence-corrected chi connectivity index (χ3v) is 11.3. The zero-order valence-electron chi connectivity index (χ0n) is 30.2. The summed E-state index contributed by atoms with van der Waals surface area (Å²) in [6, 6.07) is 33.2. The maximum Gasteiger partial charge on any atom is 0.308 e. The molecular formula is C44H46N2O8. The second-order valence-electron chi connectivity index (χ2n) is 14.7. The van der Waals surface area contributed by atoms with Gasteiger partial charge in [-0.05, 0) is 85.3 Å². The van der Waals surface area contributed by atoms with Crippen molar-refractivity contribution in [3.8, 4) is 23.0 Å². The summed E-state index contributed by atoms with van der Waals surface area (Å²) in [6.07, 6.45) is 6.67. The Bertz CT molecular complexity index is 1760. The van der Waals surface area contributed by atoms with Crippen molar-refractivity contribution in [3.05, 3.63) is 120 Å². The molecule has 2 N–H and O–H groups in total. The van der Waals surface area contributed by atoms with Crippen LogP contribution in [0.25, 0.3) is 0 Å². The van der Waals surface area contributed by atoms with E-state index in [1.807, 2.05) is 109 Å². The van der Waals surface area contributed by atoms with E-state index in [1.165, 1.54) is 0 Å². The van der Waals surface area contributed by atoms with E-state index in [1.54, 1.807) is 9.80 Å². The molecule has 0 aromatic heterocycles. The van der Waals surface area contributed by atoms with Crippen LogP contribution in [0.1, 0.15) is 62.5 Å². The van der Waals surface area contributed by atoms with Crippen molar-refractivity contribution in [1.29, 1.82) is 0 Å². The van der Waals surface area contributed by atoms with E-state index in [2.05, 4.69) is 0 Å². The van der Waals surface area contributed by atoms with Crippen molar-refractivity contribution >= 4 is 23.8 Å². The largest absolute Gasteiger partial charge is 0.481 e. The number of aliphatic carboxylic acids is 2. The third-order valence-electron chi connectivity index (χ3n) is 11.3. The van der Waals surface area contributed by atoms with Gasteiger partial charge in [0.1, 0.15) is 23.0 Å². The Morgan fingerprint density at radius 3 is 1.09 bits per heavy atom. The predicted octanol–water partition coefficient (Wildman–Crippen LogP) is 8.16. The molecule has 54 heavy (non-hydrogen) atoms. The molecule has 0 saturated heterocycles. The molecule has 0 bridgehead atoms. The SMILES string of the molecule is O=C(O)[C@H]1[C@H](C(=O)N(Cc2ccc(Oc3ccccc3)cc2)C2CCCC2)[C@H](C(=O)O)[C@H]1C(=O)N(Cc1ccc(Oc2ccccc2)cc1)C1CCCC1. The Labute approximate surface area is 315 Å². The fourth-order valence-electron chi connectivity index (χ4n) is 8.53. The lowest BCUT2D eigenvalue weighted by atomic mass is 9.55. The number of carbonyl (C=O) groups is 4. The van der Waals surface area contributed by atoms with Crippen molar-refractivity contribution in [3.63, 3.8) is 0 Å². The normalized spacial score (nSPS) is 21.2. The molecule has 10 nitrogen and oxygen atoms in total. The van der Waals surface area contributed by atoms with Crippen LogP contribution < -0.4 is 9.47 Å². The zero-order chi connectivity index (χ0) is 37.6. The van der Waals surface area contributed by atoms with Crippen molar-refractivity contribution in [1.82, 2.24) is 9.80 Å². The predicted molar refractivity (Wildman–Crippen MR) is 201 cm³/mol. The summed E-state index contributed by atoms with van der Waals surface area (Å²) in [5.74, 6) is -6.69. The monoisotopic (exact) mass is 730 g/mol. The number of carboxylic acid groups (broad SMARTS) is 2. The first-order valence-corrected chi connectivity index (χ1v) is 19.0. The average molecular weight is 731 g/mol. The minimum Gasteiger partial charge on any atom is -0.481 e. The second-order valence-corrected chi connectivity index (χ2v) is 14.7. The first-order valence-electron chi connectivity index (χ1n) is 19.0. The first kappa shape index (κ1) is 36.7. The molecule has 7 rings (SSSR count). The molecule has 0 radical (unpaired) electrons. The number of rotatable bonds is 14. The van der Waals surface area contributed by atoms with Crippen LogP contribution in [-0.4, -0.2) is 55.8 Å². The van der Waals surface area contributed by atoms with Crippen LogP contribution in [0.5, 0.6) is 23.0 Å². The fourth-order valence-corrected chi connectivity index (χ4v) is 8.53. The van der Waals surface area contributed by atoms with Gasteiger partial charge in [-0.2, -0.15) is 0 Å². The maximum absolute atomic E-state index is 14.5. The van der Waals surface area contributed by atoms with Gasteiger partial charge in [-0.25, -0.2) is 0 Å². The van der Waals surface area contributed by atoms with Crippen LogP contribution in [-0.2, 0) is 32.3 Å². The molecule has 2 amide bonds. The summed E-state index contributed by atoms with van der Waals surface area (Å²) in [6.45, 7) is 0.391. The highest BCUT2D eigenvalue weighted by Gasteiger charge is 2.65. The molecule has 0 unspecified atom stereocenters. The highest BCUT2D eigenvalue weighted by molar-refractivity contribution is 5.99. The van der Waals surface area contributed by atoms with Gasteiger partial charge in [-0.1, -0.05) is 86.3 Å². The van der Waals surface area contributed by atoms with Crippen molar-refractivity contribution in [2.75, 3.05) is 0 Å². The summed E-state index contributed by atoms with van der Waals surface area (Å²) < 4.78 is 11.9. The lowest BCUT2D eigenvalue weighted by molar-refractivity contribution is -0.189. The molecule has 0 heterocycles. The van der Waals surface area contributed by atoms with Gasteiger partial charge in [-0.3, -0.25) is 19.2 Å². The van der Waals surface area contributed by atoms with Crippen LogP contribution >= 0.6 is 0 Å². The zero-order valence-corrected chi connectivity index (χ0v) is 30.2. The molecule has 3 aliphatic carbocycles. The molecule has 4 aromatic carbocycles. The van der Waals surface area contributed by atoms with E-state index in [9.17, 15) is 29.4 Å². The number of ether oxygens (including phenoxy) is 2. The van der Waals surface area contributed by atoms with Gasteiger partial charge >= 0.3 is 11.9 Å². The summed E-state index contributed by atoms with van der Waals surface area (Å²) in [5, 5.41) is 21.2. The number of hydrogen-bond donors (Lipinski definition) is 2. The van der Waals surface area contributed by atoms with Gasteiger partial charge in [0.2, 0.25) is 11.8 Å². The molecule has 4 aromatic rings. The molecular weight excluding hydrogens is 684 g/mol. The minimum atomic E-state index is -1.46. The molecule has 3 aliphatic rings. The first-order chi connectivity index (χ1) is 26.3. The highest BCUT2D eigenvalue weighted by Crippen LogP contribution is 2.50. The van der Waals surface area contributed by atoms with E-state index in [0.29, 0.717) is 23.0 Å². The van der Waals surface area contributed by atoms with Crippen LogP contribution in [0.2, 0.25) is 0 Å². The number of hydrogen-bond acceptors (Lipinski definition) is 6. The molecule has 3 fully saturated rings. The average Bonchev–Trinajstić information content (AvgIpc) is 3.90. The van der Waals surface area contributed by atoms with Gasteiger partial charge < -0.3 is 29.5 Å². The van der Waals surface area contributed by atoms with Crippen molar-refractivity contribution < 1.29 is 38.9 Å². The molecule has 0 aliphatic heterocycles. The van der Waals surface area contributed by atoms with E-state index in [4.69, 9.17) is 9.47 Å². The Kier molecular flexibility index (Phi) is 11.3. The Balaban J connectivity index is 1.11. The lowest BCUT2D eigenvalue weighted by Gasteiger charge is -2.49. The number of para-hydroxylation sites is 2. The number of carbonyl (C=O) groups excluding carboxylic acids is 2. The summed E-state index contributed by atoms with van der Waals surface area (Å²) in [4.78, 5) is 58.4. The lowest BCUT2D eigenvalue weighted by Crippen LogP contribution is -2.65. The van der Waals surface area contributed by atoms with E-state index >= 15 is 0 Å². The topological polar surface area (TPSA) is 134 Å². The van der Waals surface area contributed by atoms with Crippen LogP contribution in [0.4, 0.5) is 0 Å². The third kappa shape index (κ3) is 8.12. The highest BCUT2D eigenvalue weighted by atomic mass is 16.5. The van der Waals surface area contributed by atoms with Gasteiger partial charge in [0.25, 0.3) is 0 Å². The number of amides is 2. The van der Waals surface area contributed by atoms with Crippen LogP contribution in [0.3, 0.4) is 0 Å². The Morgan fingerprint density at radius 2 is 0.778 bits per heavy atom. The summed E-state index contributed by atoms with van der Waals surface area (Å²) in [7, 11) is 0. The number of carboxylic acids is 2. The molecule has 3 saturated carbocycles.